The Morgan fingerprint density at radius 1 is 1.10 bits per heavy atom. The minimum atomic E-state index is -0.895. The van der Waals surface area contributed by atoms with Gasteiger partial charge in [0.05, 0.1) is 0 Å². The summed E-state index contributed by atoms with van der Waals surface area (Å²) < 4.78 is 19.3. The van der Waals surface area contributed by atoms with Crippen molar-refractivity contribution in [2.45, 2.75) is 20.0 Å². The Kier molecular flexibility index (Phi) is 3.07. The zero-order valence-electron chi connectivity index (χ0n) is 11.4. The number of furan rings is 1. The van der Waals surface area contributed by atoms with Crippen LogP contribution in [0.4, 0.5) is 4.39 Å². The van der Waals surface area contributed by atoms with Gasteiger partial charge in [0.2, 0.25) is 0 Å². The fourth-order valence-corrected chi connectivity index (χ4v) is 2.47. The lowest BCUT2D eigenvalue weighted by molar-refractivity contribution is 0.218. The number of para-hydroxylation sites is 1. The van der Waals surface area contributed by atoms with Gasteiger partial charge in [-0.3, -0.25) is 0 Å². The average molecular weight is 270 g/mol. The van der Waals surface area contributed by atoms with Gasteiger partial charge < -0.3 is 9.52 Å². The number of benzene rings is 2. The standard InChI is InChI=1S/C17H15FO2/c1-10-7-8-12(9-14(10)18)17(19)16-11(2)20-15-6-4-3-5-13(15)16/h3-9,17,19H,1-2H3. The van der Waals surface area contributed by atoms with E-state index in [2.05, 4.69) is 0 Å². The number of aliphatic hydroxyl groups excluding tert-OH is 1. The molecule has 0 saturated heterocycles. The highest BCUT2D eigenvalue weighted by molar-refractivity contribution is 5.83. The van der Waals surface area contributed by atoms with Crippen molar-refractivity contribution >= 4 is 11.0 Å². The summed E-state index contributed by atoms with van der Waals surface area (Å²) >= 11 is 0. The molecule has 0 fully saturated rings. The van der Waals surface area contributed by atoms with Crippen LogP contribution in [0.2, 0.25) is 0 Å². The number of rotatable bonds is 2. The van der Waals surface area contributed by atoms with Crippen molar-refractivity contribution in [3.63, 3.8) is 0 Å². The van der Waals surface area contributed by atoms with Crippen molar-refractivity contribution in [2.24, 2.45) is 0 Å². The maximum absolute atomic E-state index is 13.7. The van der Waals surface area contributed by atoms with E-state index in [1.807, 2.05) is 31.2 Å². The van der Waals surface area contributed by atoms with Crippen LogP contribution in [0.3, 0.4) is 0 Å². The molecule has 2 nitrogen and oxygen atoms in total. The molecule has 2 aromatic carbocycles. The Bertz CT molecular complexity index is 774. The summed E-state index contributed by atoms with van der Waals surface area (Å²) in [6, 6.07) is 12.3. The first-order valence-electron chi connectivity index (χ1n) is 6.50. The molecule has 0 saturated carbocycles. The summed E-state index contributed by atoms with van der Waals surface area (Å²) in [5.74, 6) is 0.340. The van der Waals surface area contributed by atoms with Crippen molar-refractivity contribution in [1.29, 1.82) is 0 Å². The molecule has 0 aliphatic heterocycles. The molecule has 1 heterocycles. The minimum Gasteiger partial charge on any atom is -0.461 e. The Morgan fingerprint density at radius 2 is 1.85 bits per heavy atom. The predicted molar refractivity (Wildman–Crippen MR) is 76.1 cm³/mol. The van der Waals surface area contributed by atoms with Gasteiger partial charge in [0, 0.05) is 10.9 Å². The van der Waals surface area contributed by atoms with Gasteiger partial charge in [-0.2, -0.15) is 0 Å². The summed E-state index contributed by atoms with van der Waals surface area (Å²) in [5, 5.41) is 11.4. The third-order valence-electron chi connectivity index (χ3n) is 3.60. The van der Waals surface area contributed by atoms with Crippen LogP contribution in [0.1, 0.15) is 28.6 Å². The maximum Gasteiger partial charge on any atom is 0.134 e. The largest absolute Gasteiger partial charge is 0.461 e. The van der Waals surface area contributed by atoms with Gasteiger partial charge in [-0.1, -0.05) is 30.3 Å². The zero-order valence-corrected chi connectivity index (χ0v) is 11.4. The summed E-state index contributed by atoms with van der Waals surface area (Å²) in [6.07, 6.45) is -0.895. The van der Waals surface area contributed by atoms with E-state index in [1.54, 1.807) is 19.1 Å². The summed E-state index contributed by atoms with van der Waals surface area (Å²) in [4.78, 5) is 0. The topological polar surface area (TPSA) is 33.4 Å². The molecule has 102 valence electrons. The number of hydrogen-bond donors (Lipinski definition) is 1. The highest BCUT2D eigenvalue weighted by atomic mass is 19.1. The first-order chi connectivity index (χ1) is 9.58. The van der Waals surface area contributed by atoms with E-state index >= 15 is 0 Å². The van der Waals surface area contributed by atoms with Gasteiger partial charge in [-0.15, -0.1) is 0 Å². The molecular formula is C17H15FO2. The second-order valence-electron chi connectivity index (χ2n) is 4.98. The van der Waals surface area contributed by atoms with Crippen molar-refractivity contribution in [1.82, 2.24) is 0 Å². The van der Waals surface area contributed by atoms with Gasteiger partial charge in [0.1, 0.15) is 23.3 Å². The first kappa shape index (κ1) is 12.9. The van der Waals surface area contributed by atoms with Gasteiger partial charge in [-0.25, -0.2) is 4.39 Å². The molecular weight excluding hydrogens is 255 g/mol. The molecule has 3 heteroatoms. The lowest BCUT2D eigenvalue weighted by Crippen LogP contribution is -2.01. The molecule has 3 rings (SSSR count). The van der Waals surface area contributed by atoms with E-state index in [-0.39, 0.29) is 5.82 Å². The fourth-order valence-electron chi connectivity index (χ4n) is 2.47. The number of hydrogen-bond acceptors (Lipinski definition) is 2. The monoisotopic (exact) mass is 270 g/mol. The van der Waals surface area contributed by atoms with E-state index in [1.165, 1.54) is 6.07 Å². The summed E-state index contributed by atoms with van der Waals surface area (Å²) in [6.45, 7) is 3.51. The van der Waals surface area contributed by atoms with Crippen LogP contribution in [0.15, 0.2) is 46.9 Å². The molecule has 0 aliphatic carbocycles. The van der Waals surface area contributed by atoms with Crippen LogP contribution in [0.5, 0.6) is 0 Å². The molecule has 0 spiro atoms. The number of halogens is 1. The lowest BCUT2D eigenvalue weighted by atomic mass is 9.98. The van der Waals surface area contributed by atoms with Crippen LogP contribution in [-0.2, 0) is 0 Å². The second-order valence-corrected chi connectivity index (χ2v) is 4.98. The Hall–Kier alpha value is -2.13. The smallest absolute Gasteiger partial charge is 0.134 e. The minimum absolute atomic E-state index is 0.313. The number of aliphatic hydroxyl groups is 1. The van der Waals surface area contributed by atoms with Crippen LogP contribution >= 0.6 is 0 Å². The molecule has 1 unspecified atom stereocenters. The highest BCUT2D eigenvalue weighted by Gasteiger charge is 2.20. The SMILES string of the molecule is Cc1ccc(C(O)c2c(C)oc3ccccc23)cc1F. The van der Waals surface area contributed by atoms with E-state index in [9.17, 15) is 9.50 Å². The third-order valence-corrected chi connectivity index (χ3v) is 3.60. The van der Waals surface area contributed by atoms with E-state index < -0.39 is 6.10 Å². The molecule has 1 N–H and O–H groups in total. The maximum atomic E-state index is 13.7. The van der Waals surface area contributed by atoms with E-state index in [0.717, 1.165) is 11.0 Å². The van der Waals surface area contributed by atoms with Crippen molar-refractivity contribution in [3.8, 4) is 0 Å². The lowest BCUT2D eigenvalue weighted by Gasteiger charge is -2.12. The third kappa shape index (κ3) is 2.00. The van der Waals surface area contributed by atoms with Crippen molar-refractivity contribution < 1.29 is 13.9 Å². The van der Waals surface area contributed by atoms with Gasteiger partial charge in [-0.05, 0) is 37.1 Å². The number of aryl methyl sites for hydroxylation is 2. The van der Waals surface area contributed by atoms with Gasteiger partial charge >= 0.3 is 0 Å². The van der Waals surface area contributed by atoms with Gasteiger partial charge in [0.15, 0.2) is 0 Å². The van der Waals surface area contributed by atoms with Crippen molar-refractivity contribution in [3.05, 3.63) is 70.7 Å². The zero-order chi connectivity index (χ0) is 14.3. The normalized spacial score (nSPS) is 12.8. The molecule has 0 bridgehead atoms. The second kappa shape index (κ2) is 4.76. The molecule has 3 aromatic rings. The fraction of sp³-hybridized carbons (Fsp3) is 0.176. The molecule has 1 aromatic heterocycles. The summed E-state index contributed by atoms with van der Waals surface area (Å²) in [7, 11) is 0. The van der Waals surface area contributed by atoms with E-state index in [0.29, 0.717) is 22.5 Å². The quantitative estimate of drug-likeness (QED) is 0.754. The molecule has 0 aliphatic rings. The molecule has 0 radical (unpaired) electrons. The average Bonchev–Trinajstić information content (AvgIpc) is 2.77. The number of fused-ring (bicyclic) bond motifs is 1. The van der Waals surface area contributed by atoms with Crippen LogP contribution in [-0.4, -0.2) is 5.11 Å². The van der Waals surface area contributed by atoms with E-state index in [4.69, 9.17) is 4.42 Å². The van der Waals surface area contributed by atoms with Crippen molar-refractivity contribution in [2.75, 3.05) is 0 Å². The van der Waals surface area contributed by atoms with Crippen LogP contribution in [0, 0.1) is 19.7 Å². The predicted octanol–water partition coefficient (Wildman–Crippen LogP) is 4.27. The Morgan fingerprint density at radius 3 is 2.60 bits per heavy atom. The summed E-state index contributed by atoms with van der Waals surface area (Å²) in [5.41, 5.74) is 2.52. The Labute approximate surface area is 116 Å². The van der Waals surface area contributed by atoms with Gasteiger partial charge in [0.25, 0.3) is 0 Å². The molecule has 0 amide bonds. The van der Waals surface area contributed by atoms with Crippen LogP contribution in [0.25, 0.3) is 11.0 Å². The van der Waals surface area contributed by atoms with Crippen LogP contribution < -0.4 is 0 Å². The first-order valence-corrected chi connectivity index (χ1v) is 6.50. The molecule has 1 atom stereocenters. The molecule has 20 heavy (non-hydrogen) atoms. The highest BCUT2D eigenvalue weighted by Crippen LogP contribution is 2.34. The Balaban J connectivity index is 2.14.